The van der Waals surface area contributed by atoms with Crippen LogP contribution in [-0.2, 0) is 0 Å². The Kier molecular flexibility index (Phi) is 2.84. The van der Waals surface area contributed by atoms with Crippen molar-refractivity contribution in [2.45, 2.75) is 0 Å². The minimum absolute atomic E-state index is 0.0119. The van der Waals surface area contributed by atoms with Gasteiger partial charge in [-0.1, -0.05) is 18.2 Å². The third-order valence-corrected chi connectivity index (χ3v) is 4.03. The molecule has 0 atom stereocenters. The van der Waals surface area contributed by atoms with E-state index in [9.17, 15) is 4.79 Å². The summed E-state index contributed by atoms with van der Waals surface area (Å²) in [6, 6.07) is 20.6. The number of benzene rings is 3. The third kappa shape index (κ3) is 2.04. The van der Waals surface area contributed by atoms with E-state index in [1.54, 1.807) is 24.3 Å². The van der Waals surface area contributed by atoms with E-state index < -0.39 is 0 Å². The summed E-state index contributed by atoms with van der Waals surface area (Å²) in [4.78, 5) is 12.8. The maximum atomic E-state index is 12.8. The van der Waals surface area contributed by atoms with Crippen molar-refractivity contribution >= 4 is 33.2 Å². The zero-order valence-corrected chi connectivity index (χ0v) is 12.4. The molecule has 4 aromatic rings. The van der Waals surface area contributed by atoms with E-state index in [0.29, 0.717) is 22.1 Å². The SMILES string of the molecule is Nc1ccc2c(=O)c3ccc(N)cc3n(-c3ccccc3)c2c1. The summed E-state index contributed by atoms with van der Waals surface area (Å²) in [6.07, 6.45) is 0. The number of hydrogen-bond donors (Lipinski definition) is 2. The number of fused-ring (bicyclic) bond motifs is 2. The van der Waals surface area contributed by atoms with Crippen LogP contribution in [0.3, 0.4) is 0 Å². The van der Waals surface area contributed by atoms with E-state index in [1.165, 1.54) is 0 Å². The molecule has 0 fully saturated rings. The highest BCUT2D eigenvalue weighted by atomic mass is 16.1. The van der Waals surface area contributed by atoms with Crippen LogP contribution in [0, 0.1) is 0 Å². The first kappa shape index (κ1) is 13.4. The molecule has 0 radical (unpaired) electrons. The summed E-state index contributed by atoms with van der Waals surface area (Å²) in [7, 11) is 0. The Balaban J connectivity index is 2.32. The van der Waals surface area contributed by atoms with E-state index in [-0.39, 0.29) is 5.43 Å². The van der Waals surface area contributed by atoms with Gasteiger partial charge in [-0.15, -0.1) is 0 Å². The molecule has 0 aliphatic rings. The summed E-state index contributed by atoms with van der Waals surface area (Å²) in [5.74, 6) is 0. The van der Waals surface area contributed by atoms with E-state index in [0.717, 1.165) is 16.7 Å². The summed E-state index contributed by atoms with van der Waals surface area (Å²) in [6.45, 7) is 0. The zero-order valence-electron chi connectivity index (χ0n) is 12.4. The quantitative estimate of drug-likeness (QED) is 0.418. The summed E-state index contributed by atoms with van der Waals surface area (Å²) in [5, 5.41) is 1.28. The minimum atomic E-state index is -0.0119. The number of nitrogen functional groups attached to an aromatic ring is 2. The van der Waals surface area contributed by atoms with Crippen LogP contribution >= 0.6 is 0 Å². The maximum absolute atomic E-state index is 12.8. The first-order valence-corrected chi connectivity index (χ1v) is 7.34. The molecule has 112 valence electrons. The van der Waals surface area contributed by atoms with Gasteiger partial charge in [-0.2, -0.15) is 0 Å². The van der Waals surface area contributed by atoms with Gasteiger partial charge >= 0.3 is 0 Å². The van der Waals surface area contributed by atoms with E-state index >= 15 is 0 Å². The molecule has 0 bridgehead atoms. The molecular weight excluding hydrogens is 286 g/mol. The van der Waals surface area contributed by atoms with Gasteiger partial charge in [0.05, 0.1) is 11.0 Å². The second-order valence-corrected chi connectivity index (χ2v) is 5.55. The van der Waals surface area contributed by atoms with Gasteiger partial charge < -0.3 is 16.0 Å². The molecular formula is C19H15N3O. The van der Waals surface area contributed by atoms with Crippen LogP contribution in [0.1, 0.15) is 0 Å². The van der Waals surface area contributed by atoms with Crippen LogP contribution in [0.2, 0.25) is 0 Å². The van der Waals surface area contributed by atoms with E-state index in [2.05, 4.69) is 0 Å². The van der Waals surface area contributed by atoms with Crippen molar-refractivity contribution in [3.63, 3.8) is 0 Å². The lowest BCUT2D eigenvalue weighted by Crippen LogP contribution is -2.11. The topological polar surface area (TPSA) is 74.0 Å². The molecule has 4 N–H and O–H groups in total. The van der Waals surface area contributed by atoms with Gasteiger partial charge in [0.15, 0.2) is 5.43 Å². The van der Waals surface area contributed by atoms with Gasteiger partial charge in [-0.05, 0) is 48.5 Å². The molecule has 0 saturated carbocycles. The second kappa shape index (κ2) is 4.88. The lowest BCUT2D eigenvalue weighted by molar-refractivity contribution is 1.16. The highest BCUT2D eigenvalue weighted by molar-refractivity contribution is 5.97. The number of nitrogens with two attached hydrogens (primary N) is 2. The molecule has 0 saturated heterocycles. The Hall–Kier alpha value is -3.27. The molecule has 1 aromatic heterocycles. The standard InChI is InChI=1S/C19H15N3O/c20-12-6-8-15-17(10-12)22(14-4-2-1-3-5-14)18-11-13(21)7-9-16(18)19(15)23/h1-11H,20-21H2. The van der Waals surface area contributed by atoms with Crippen LogP contribution < -0.4 is 16.9 Å². The number of anilines is 2. The number of aromatic nitrogens is 1. The van der Waals surface area contributed by atoms with Crippen LogP contribution in [0.25, 0.3) is 27.5 Å². The molecule has 0 amide bonds. The Labute approximate surface area is 132 Å². The van der Waals surface area contributed by atoms with Crippen molar-refractivity contribution in [1.82, 2.24) is 4.57 Å². The highest BCUT2D eigenvalue weighted by Crippen LogP contribution is 2.26. The van der Waals surface area contributed by atoms with Crippen molar-refractivity contribution in [2.24, 2.45) is 0 Å². The molecule has 0 aliphatic carbocycles. The fraction of sp³-hybridized carbons (Fsp3) is 0. The maximum Gasteiger partial charge on any atom is 0.197 e. The molecule has 4 rings (SSSR count). The van der Waals surface area contributed by atoms with E-state index in [4.69, 9.17) is 11.5 Å². The van der Waals surface area contributed by atoms with E-state index in [1.807, 2.05) is 47.0 Å². The Morgan fingerprint density at radius 3 is 1.74 bits per heavy atom. The van der Waals surface area contributed by atoms with Crippen molar-refractivity contribution in [3.05, 3.63) is 77.0 Å². The molecule has 4 heteroatoms. The number of rotatable bonds is 1. The Morgan fingerprint density at radius 2 is 1.22 bits per heavy atom. The molecule has 4 nitrogen and oxygen atoms in total. The number of para-hydroxylation sites is 1. The minimum Gasteiger partial charge on any atom is -0.399 e. The Bertz CT molecular complexity index is 1030. The molecule has 3 aromatic carbocycles. The lowest BCUT2D eigenvalue weighted by atomic mass is 10.1. The molecule has 0 spiro atoms. The Morgan fingerprint density at radius 1 is 0.696 bits per heavy atom. The van der Waals surface area contributed by atoms with Crippen LogP contribution in [0.5, 0.6) is 0 Å². The third-order valence-electron chi connectivity index (χ3n) is 4.03. The van der Waals surface area contributed by atoms with Gasteiger partial charge in [-0.25, -0.2) is 0 Å². The van der Waals surface area contributed by atoms with Gasteiger partial charge in [0.25, 0.3) is 0 Å². The van der Waals surface area contributed by atoms with Crippen molar-refractivity contribution in [1.29, 1.82) is 0 Å². The molecule has 0 unspecified atom stereocenters. The lowest BCUT2D eigenvalue weighted by Gasteiger charge is -2.16. The summed E-state index contributed by atoms with van der Waals surface area (Å²) < 4.78 is 2.03. The summed E-state index contributed by atoms with van der Waals surface area (Å²) in [5.41, 5.74) is 15.6. The molecule has 1 heterocycles. The van der Waals surface area contributed by atoms with Gasteiger partial charge in [0.1, 0.15) is 0 Å². The smallest absolute Gasteiger partial charge is 0.197 e. The monoisotopic (exact) mass is 301 g/mol. The highest BCUT2D eigenvalue weighted by Gasteiger charge is 2.12. The average Bonchev–Trinajstić information content (AvgIpc) is 2.55. The largest absolute Gasteiger partial charge is 0.399 e. The average molecular weight is 301 g/mol. The second-order valence-electron chi connectivity index (χ2n) is 5.55. The summed E-state index contributed by atoms with van der Waals surface area (Å²) >= 11 is 0. The first-order chi connectivity index (χ1) is 11.1. The first-order valence-electron chi connectivity index (χ1n) is 7.34. The fourth-order valence-corrected chi connectivity index (χ4v) is 2.98. The predicted octanol–water partition coefficient (Wildman–Crippen LogP) is 3.31. The predicted molar refractivity (Wildman–Crippen MR) is 95.9 cm³/mol. The van der Waals surface area contributed by atoms with Gasteiger partial charge in [-0.3, -0.25) is 4.79 Å². The van der Waals surface area contributed by atoms with Gasteiger partial charge in [0, 0.05) is 27.8 Å². The van der Waals surface area contributed by atoms with Gasteiger partial charge in [0.2, 0.25) is 0 Å². The van der Waals surface area contributed by atoms with Crippen LogP contribution in [-0.4, -0.2) is 4.57 Å². The zero-order chi connectivity index (χ0) is 16.0. The van der Waals surface area contributed by atoms with Crippen molar-refractivity contribution < 1.29 is 0 Å². The number of hydrogen-bond acceptors (Lipinski definition) is 3. The number of nitrogens with zero attached hydrogens (tertiary/aromatic N) is 1. The molecule has 23 heavy (non-hydrogen) atoms. The normalized spacial score (nSPS) is 11.1. The van der Waals surface area contributed by atoms with Crippen molar-refractivity contribution in [3.8, 4) is 5.69 Å². The van der Waals surface area contributed by atoms with Crippen LogP contribution in [0.4, 0.5) is 11.4 Å². The molecule has 0 aliphatic heterocycles. The van der Waals surface area contributed by atoms with Crippen LogP contribution in [0.15, 0.2) is 71.5 Å². The fourth-order valence-electron chi connectivity index (χ4n) is 2.98. The number of pyridine rings is 1. The van der Waals surface area contributed by atoms with Crippen molar-refractivity contribution in [2.75, 3.05) is 11.5 Å².